The lowest BCUT2D eigenvalue weighted by Gasteiger charge is -2.25. The molecule has 1 saturated heterocycles. The summed E-state index contributed by atoms with van der Waals surface area (Å²) in [4.78, 5) is 25.1. The molecule has 1 aliphatic heterocycles. The minimum absolute atomic E-state index is 0.101. The number of nitrogens with two attached hydrogens (primary N) is 1. The average Bonchev–Trinajstić information content (AvgIpc) is 2.74. The Kier molecular flexibility index (Phi) is 5.14. The monoisotopic (exact) mass is 256 g/mol. The number of nitrogens with zero attached hydrogens (tertiary/aromatic N) is 1. The first-order valence-electron chi connectivity index (χ1n) is 6.74. The summed E-state index contributed by atoms with van der Waals surface area (Å²) in [5.41, 5.74) is 5.05. The molecule has 1 fully saturated rings. The molecule has 1 unspecified atom stereocenters. The SMILES string of the molecule is CCC[C@@H](N)C(=O)N1CCC(CCC)(C(=O)O)C1. The second-order valence-corrected chi connectivity index (χ2v) is 5.24. The fourth-order valence-corrected chi connectivity index (χ4v) is 2.69. The van der Waals surface area contributed by atoms with Gasteiger partial charge in [-0.1, -0.05) is 26.7 Å². The van der Waals surface area contributed by atoms with E-state index in [4.69, 9.17) is 5.73 Å². The average molecular weight is 256 g/mol. The molecule has 0 spiro atoms. The molecule has 1 amide bonds. The van der Waals surface area contributed by atoms with E-state index in [0.29, 0.717) is 32.4 Å². The predicted molar refractivity (Wildman–Crippen MR) is 69.1 cm³/mol. The fraction of sp³-hybridized carbons (Fsp3) is 0.846. The number of rotatable bonds is 6. The van der Waals surface area contributed by atoms with Gasteiger partial charge in [-0.05, 0) is 19.3 Å². The number of carboxylic acids is 1. The van der Waals surface area contributed by atoms with E-state index in [0.717, 1.165) is 12.8 Å². The van der Waals surface area contributed by atoms with Crippen LogP contribution in [-0.2, 0) is 9.59 Å². The van der Waals surface area contributed by atoms with Gasteiger partial charge in [0, 0.05) is 13.1 Å². The van der Waals surface area contributed by atoms with Crippen LogP contribution in [0.1, 0.15) is 46.0 Å². The van der Waals surface area contributed by atoms with Gasteiger partial charge in [-0.25, -0.2) is 0 Å². The third-order valence-electron chi connectivity index (χ3n) is 3.76. The molecule has 0 bridgehead atoms. The van der Waals surface area contributed by atoms with E-state index >= 15 is 0 Å². The van der Waals surface area contributed by atoms with Crippen molar-refractivity contribution in [2.75, 3.05) is 13.1 Å². The molecule has 0 aromatic heterocycles. The third kappa shape index (κ3) is 3.02. The van der Waals surface area contributed by atoms with Crippen LogP contribution < -0.4 is 5.73 Å². The molecule has 0 aromatic rings. The Morgan fingerprint density at radius 3 is 2.56 bits per heavy atom. The van der Waals surface area contributed by atoms with Crippen molar-refractivity contribution in [2.45, 2.75) is 52.0 Å². The van der Waals surface area contributed by atoms with Crippen LogP contribution in [0.5, 0.6) is 0 Å². The number of carbonyl (C=O) groups excluding carboxylic acids is 1. The van der Waals surface area contributed by atoms with Crippen LogP contribution in [0.2, 0.25) is 0 Å². The normalized spacial score (nSPS) is 25.2. The Morgan fingerprint density at radius 1 is 1.39 bits per heavy atom. The minimum atomic E-state index is -0.788. The number of amides is 1. The Morgan fingerprint density at radius 2 is 2.06 bits per heavy atom. The van der Waals surface area contributed by atoms with E-state index in [2.05, 4.69) is 0 Å². The highest BCUT2D eigenvalue weighted by molar-refractivity contribution is 5.84. The topological polar surface area (TPSA) is 83.6 Å². The summed E-state index contributed by atoms with van der Waals surface area (Å²) >= 11 is 0. The van der Waals surface area contributed by atoms with Gasteiger partial charge in [0.1, 0.15) is 0 Å². The van der Waals surface area contributed by atoms with Crippen molar-refractivity contribution in [1.29, 1.82) is 0 Å². The van der Waals surface area contributed by atoms with Gasteiger partial charge in [-0.3, -0.25) is 9.59 Å². The Balaban J connectivity index is 2.69. The maximum Gasteiger partial charge on any atom is 0.311 e. The van der Waals surface area contributed by atoms with Gasteiger partial charge in [0.25, 0.3) is 0 Å². The van der Waals surface area contributed by atoms with Crippen LogP contribution in [0.25, 0.3) is 0 Å². The third-order valence-corrected chi connectivity index (χ3v) is 3.76. The summed E-state index contributed by atoms with van der Waals surface area (Å²) in [5, 5.41) is 9.37. The van der Waals surface area contributed by atoms with E-state index in [9.17, 15) is 14.7 Å². The molecule has 0 aliphatic carbocycles. The summed E-state index contributed by atoms with van der Waals surface area (Å²) in [7, 11) is 0. The van der Waals surface area contributed by atoms with Crippen molar-refractivity contribution in [3.8, 4) is 0 Å². The van der Waals surface area contributed by atoms with Crippen LogP contribution in [-0.4, -0.2) is 41.0 Å². The maximum absolute atomic E-state index is 12.1. The molecule has 3 N–H and O–H groups in total. The van der Waals surface area contributed by atoms with Crippen LogP contribution in [0.3, 0.4) is 0 Å². The molecule has 1 heterocycles. The first kappa shape index (κ1) is 15.0. The minimum Gasteiger partial charge on any atom is -0.481 e. The largest absolute Gasteiger partial charge is 0.481 e. The summed E-state index contributed by atoms with van der Waals surface area (Å²) in [6.45, 7) is 4.78. The van der Waals surface area contributed by atoms with Crippen molar-refractivity contribution >= 4 is 11.9 Å². The second kappa shape index (κ2) is 6.18. The lowest BCUT2D eigenvalue weighted by atomic mass is 9.83. The Hall–Kier alpha value is -1.10. The van der Waals surface area contributed by atoms with E-state index in [1.165, 1.54) is 0 Å². The van der Waals surface area contributed by atoms with Gasteiger partial charge < -0.3 is 15.7 Å². The maximum atomic E-state index is 12.1. The van der Waals surface area contributed by atoms with Gasteiger partial charge in [0.05, 0.1) is 11.5 Å². The molecule has 2 atom stereocenters. The zero-order chi connectivity index (χ0) is 13.8. The lowest BCUT2D eigenvalue weighted by molar-refractivity contribution is -0.149. The summed E-state index contributed by atoms with van der Waals surface area (Å²) in [6.07, 6.45) is 3.49. The number of hydrogen-bond donors (Lipinski definition) is 2. The molecule has 0 radical (unpaired) electrons. The van der Waals surface area contributed by atoms with Crippen LogP contribution in [0.4, 0.5) is 0 Å². The molecule has 0 saturated carbocycles. The molecule has 0 aromatic carbocycles. The van der Waals surface area contributed by atoms with Crippen LogP contribution in [0.15, 0.2) is 0 Å². The number of likely N-dealkylation sites (tertiary alicyclic amines) is 1. The summed E-state index contributed by atoms with van der Waals surface area (Å²) in [5.74, 6) is -0.889. The first-order valence-corrected chi connectivity index (χ1v) is 6.74. The molecule has 1 rings (SSSR count). The quantitative estimate of drug-likeness (QED) is 0.748. The van der Waals surface area contributed by atoms with E-state index < -0.39 is 17.4 Å². The number of aliphatic carboxylic acids is 1. The zero-order valence-electron chi connectivity index (χ0n) is 11.3. The Labute approximate surface area is 108 Å². The van der Waals surface area contributed by atoms with Crippen molar-refractivity contribution in [1.82, 2.24) is 4.90 Å². The van der Waals surface area contributed by atoms with Gasteiger partial charge in [0.15, 0.2) is 0 Å². The molecular weight excluding hydrogens is 232 g/mol. The number of carbonyl (C=O) groups is 2. The van der Waals surface area contributed by atoms with E-state index in [-0.39, 0.29) is 5.91 Å². The van der Waals surface area contributed by atoms with Crippen LogP contribution >= 0.6 is 0 Å². The predicted octanol–water partition coefficient (Wildman–Crippen LogP) is 1.22. The van der Waals surface area contributed by atoms with E-state index in [1.807, 2.05) is 13.8 Å². The molecule has 18 heavy (non-hydrogen) atoms. The van der Waals surface area contributed by atoms with Gasteiger partial charge in [-0.2, -0.15) is 0 Å². The molecular formula is C13H24N2O3. The molecule has 104 valence electrons. The lowest BCUT2D eigenvalue weighted by Crippen LogP contribution is -2.44. The molecule has 5 heteroatoms. The van der Waals surface area contributed by atoms with Crippen molar-refractivity contribution < 1.29 is 14.7 Å². The molecule has 5 nitrogen and oxygen atoms in total. The number of carboxylic acid groups (broad SMARTS) is 1. The van der Waals surface area contributed by atoms with Crippen LogP contribution in [0, 0.1) is 5.41 Å². The van der Waals surface area contributed by atoms with Gasteiger partial charge in [0.2, 0.25) is 5.91 Å². The standard InChI is InChI=1S/C13H24N2O3/c1-3-5-10(14)11(16)15-8-7-13(9-15,6-4-2)12(17)18/h10H,3-9,14H2,1-2H3,(H,17,18)/t10-,13?/m1/s1. The smallest absolute Gasteiger partial charge is 0.311 e. The van der Waals surface area contributed by atoms with Crippen molar-refractivity contribution in [3.05, 3.63) is 0 Å². The fourth-order valence-electron chi connectivity index (χ4n) is 2.69. The highest BCUT2D eigenvalue weighted by Crippen LogP contribution is 2.35. The van der Waals surface area contributed by atoms with Gasteiger partial charge >= 0.3 is 5.97 Å². The zero-order valence-corrected chi connectivity index (χ0v) is 11.3. The van der Waals surface area contributed by atoms with E-state index in [1.54, 1.807) is 4.90 Å². The summed E-state index contributed by atoms with van der Waals surface area (Å²) < 4.78 is 0. The van der Waals surface area contributed by atoms with Gasteiger partial charge in [-0.15, -0.1) is 0 Å². The highest BCUT2D eigenvalue weighted by Gasteiger charge is 2.45. The van der Waals surface area contributed by atoms with Crippen molar-refractivity contribution in [2.24, 2.45) is 11.1 Å². The second-order valence-electron chi connectivity index (χ2n) is 5.24. The Bertz CT molecular complexity index is 319. The first-order chi connectivity index (χ1) is 8.46. The highest BCUT2D eigenvalue weighted by atomic mass is 16.4. The molecule has 1 aliphatic rings. The summed E-state index contributed by atoms with van der Waals surface area (Å²) in [6, 6.07) is -0.485. The van der Waals surface area contributed by atoms with Crippen molar-refractivity contribution in [3.63, 3.8) is 0 Å². The number of hydrogen-bond acceptors (Lipinski definition) is 3.